The van der Waals surface area contributed by atoms with Crippen molar-refractivity contribution in [2.45, 2.75) is 32.0 Å². The van der Waals surface area contributed by atoms with E-state index in [9.17, 15) is 14.7 Å². The number of hydrogen-bond acceptors (Lipinski definition) is 4. The van der Waals surface area contributed by atoms with Crippen LogP contribution in [0.1, 0.15) is 19.8 Å². The summed E-state index contributed by atoms with van der Waals surface area (Å²) in [5.41, 5.74) is 0. The Bertz CT molecular complexity index is 313. The maximum Gasteiger partial charge on any atom is 0.334 e. The van der Waals surface area contributed by atoms with E-state index in [0.29, 0.717) is 13.1 Å². The number of methoxy groups -OCH3 is 1. The first-order valence-corrected chi connectivity index (χ1v) is 6.42. The number of likely N-dealkylation sites (tertiary alicyclic amines) is 1. The molecular formula is C12H22N2O5. The molecule has 0 saturated carbocycles. The fraction of sp³-hybridized carbons (Fsp3) is 0.833. The molecule has 1 aliphatic heterocycles. The average molecular weight is 274 g/mol. The highest BCUT2D eigenvalue weighted by Gasteiger charge is 2.26. The van der Waals surface area contributed by atoms with Gasteiger partial charge in [0.25, 0.3) is 0 Å². The van der Waals surface area contributed by atoms with Gasteiger partial charge in [-0.1, -0.05) is 0 Å². The largest absolute Gasteiger partial charge is 0.479 e. The lowest BCUT2D eigenvalue weighted by Gasteiger charge is -2.33. The van der Waals surface area contributed by atoms with Gasteiger partial charge in [0.15, 0.2) is 6.10 Å². The number of aliphatic hydroxyl groups is 1. The maximum atomic E-state index is 11.8. The van der Waals surface area contributed by atoms with Crippen LogP contribution in [-0.2, 0) is 9.53 Å². The second-order valence-electron chi connectivity index (χ2n) is 4.81. The molecule has 1 rings (SSSR count). The highest BCUT2D eigenvalue weighted by atomic mass is 16.5. The number of hydrogen-bond donors (Lipinski definition) is 3. The van der Waals surface area contributed by atoms with Crippen molar-refractivity contribution in [3.63, 3.8) is 0 Å². The van der Waals surface area contributed by atoms with Gasteiger partial charge >= 0.3 is 12.0 Å². The van der Waals surface area contributed by atoms with Gasteiger partial charge < -0.3 is 25.2 Å². The molecule has 2 amide bonds. The number of nitrogens with zero attached hydrogens (tertiary/aromatic N) is 1. The molecule has 3 N–H and O–H groups in total. The van der Waals surface area contributed by atoms with Crippen molar-refractivity contribution in [3.8, 4) is 0 Å². The van der Waals surface area contributed by atoms with E-state index in [0.717, 1.165) is 12.8 Å². The van der Waals surface area contributed by atoms with Gasteiger partial charge in [-0.3, -0.25) is 0 Å². The monoisotopic (exact) mass is 274 g/mol. The summed E-state index contributed by atoms with van der Waals surface area (Å²) in [6, 6.07) is -0.285. The van der Waals surface area contributed by atoms with E-state index >= 15 is 0 Å². The third-order valence-electron chi connectivity index (χ3n) is 3.51. The van der Waals surface area contributed by atoms with Crippen molar-refractivity contribution in [1.82, 2.24) is 10.2 Å². The first-order valence-electron chi connectivity index (χ1n) is 6.42. The first kappa shape index (κ1) is 15.7. The van der Waals surface area contributed by atoms with Gasteiger partial charge in [-0.2, -0.15) is 0 Å². The number of aliphatic carboxylic acids is 1. The van der Waals surface area contributed by atoms with E-state index in [-0.39, 0.29) is 24.6 Å². The van der Waals surface area contributed by atoms with Crippen LogP contribution in [0.4, 0.5) is 4.79 Å². The third kappa shape index (κ3) is 4.68. The zero-order chi connectivity index (χ0) is 14.4. The van der Waals surface area contributed by atoms with Gasteiger partial charge in [-0.05, 0) is 25.7 Å². The fourth-order valence-corrected chi connectivity index (χ4v) is 2.15. The summed E-state index contributed by atoms with van der Waals surface area (Å²) in [5, 5.41) is 20.8. The Morgan fingerprint density at radius 3 is 2.42 bits per heavy atom. The molecule has 2 unspecified atom stereocenters. The lowest BCUT2D eigenvalue weighted by Crippen LogP contribution is -2.48. The third-order valence-corrected chi connectivity index (χ3v) is 3.51. The molecule has 7 nitrogen and oxygen atoms in total. The second kappa shape index (κ2) is 7.30. The summed E-state index contributed by atoms with van der Waals surface area (Å²) < 4.78 is 4.73. The van der Waals surface area contributed by atoms with Gasteiger partial charge in [-0.25, -0.2) is 9.59 Å². The van der Waals surface area contributed by atoms with Gasteiger partial charge in [0.2, 0.25) is 0 Å². The van der Waals surface area contributed by atoms with Crippen LogP contribution < -0.4 is 5.32 Å². The lowest BCUT2D eigenvalue weighted by atomic mass is 9.92. The number of carboxylic acids is 1. The number of nitrogens with one attached hydrogen (secondary N) is 1. The minimum absolute atomic E-state index is 0.0546. The molecule has 110 valence electrons. The van der Waals surface area contributed by atoms with Crippen LogP contribution in [0.25, 0.3) is 0 Å². The van der Waals surface area contributed by atoms with Crippen LogP contribution in [-0.4, -0.2) is 66.1 Å². The Balaban J connectivity index is 2.33. The van der Waals surface area contributed by atoms with Crippen LogP contribution in [0.3, 0.4) is 0 Å². The van der Waals surface area contributed by atoms with Crippen LogP contribution in [0, 0.1) is 5.92 Å². The Labute approximate surface area is 112 Å². The van der Waals surface area contributed by atoms with E-state index in [1.165, 1.54) is 7.11 Å². The Hall–Kier alpha value is -1.34. The molecule has 19 heavy (non-hydrogen) atoms. The van der Waals surface area contributed by atoms with E-state index < -0.39 is 12.1 Å². The van der Waals surface area contributed by atoms with Crippen LogP contribution in [0.15, 0.2) is 0 Å². The molecule has 0 aromatic rings. The Kier molecular flexibility index (Phi) is 6.04. The van der Waals surface area contributed by atoms with Gasteiger partial charge in [0.1, 0.15) is 0 Å². The standard InChI is InChI=1S/C12H22N2O5/c1-8(15)9-3-5-14(6-4-9)12(18)13-7-10(19-2)11(16)17/h8-10,15H,3-7H2,1-2H3,(H,13,18)(H,16,17). The molecule has 7 heteroatoms. The number of carbonyl (C=O) groups is 2. The van der Waals surface area contributed by atoms with Crippen molar-refractivity contribution in [2.24, 2.45) is 5.92 Å². The highest BCUT2D eigenvalue weighted by molar-refractivity contribution is 5.77. The number of aliphatic hydroxyl groups excluding tert-OH is 1. The molecule has 1 heterocycles. The van der Waals surface area contributed by atoms with Gasteiger partial charge in [0.05, 0.1) is 12.6 Å². The molecule has 1 aliphatic rings. The minimum Gasteiger partial charge on any atom is -0.479 e. The van der Waals surface area contributed by atoms with Crippen LogP contribution in [0.5, 0.6) is 0 Å². The Morgan fingerprint density at radius 2 is 2.00 bits per heavy atom. The highest BCUT2D eigenvalue weighted by Crippen LogP contribution is 2.20. The fourth-order valence-electron chi connectivity index (χ4n) is 2.15. The minimum atomic E-state index is -1.10. The molecule has 0 aromatic carbocycles. The van der Waals surface area contributed by atoms with E-state index in [4.69, 9.17) is 9.84 Å². The van der Waals surface area contributed by atoms with E-state index in [1.54, 1.807) is 11.8 Å². The van der Waals surface area contributed by atoms with Crippen LogP contribution >= 0.6 is 0 Å². The molecule has 0 aliphatic carbocycles. The number of carboxylic acid groups (broad SMARTS) is 1. The molecule has 2 atom stereocenters. The summed E-state index contributed by atoms with van der Waals surface area (Å²) in [6.07, 6.45) is 0.143. The van der Waals surface area contributed by atoms with E-state index in [2.05, 4.69) is 5.32 Å². The number of carbonyl (C=O) groups excluding carboxylic acids is 1. The zero-order valence-electron chi connectivity index (χ0n) is 11.3. The summed E-state index contributed by atoms with van der Waals surface area (Å²) >= 11 is 0. The van der Waals surface area contributed by atoms with Crippen molar-refractivity contribution in [1.29, 1.82) is 0 Å². The quantitative estimate of drug-likeness (QED) is 0.649. The van der Waals surface area contributed by atoms with Crippen molar-refractivity contribution in [2.75, 3.05) is 26.7 Å². The van der Waals surface area contributed by atoms with Crippen molar-refractivity contribution < 1.29 is 24.5 Å². The number of rotatable bonds is 5. The molecule has 0 aromatic heterocycles. The topological polar surface area (TPSA) is 99.1 Å². The maximum absolute atomic E-state index is 11.8. The molecule has 1 saturated heterocycles. The molecule has 0 radical (unpaired) electrons. The average Bonchev–Trinajstić information content (AvgIpc) is 2.38. The molecule has 0 spiro atoms. The lowest BCUT2D eigenvalue weighted by molar-refractivity contribution is -0.148. The second-order valence-corrected chi connectivity index (χ2v) is 4.81. The summed E-state index contributed by atoms with van der Waals surface area (Å²) in [6.45, 7) is 2.86. The smallest absolute Gasteiger partial charge is 0.334 e. The summed E-state index contributed by atoms with van der Waals surface area (Å²) in [7, 11) is 1.29. The first-order chi connectivity index (χ1) is 8.95. The Morgan fingerprint density at radius 1 is 1.42 bits per heavy atom. The summed E-state index contributed by atoms with van der Waals surface area (Å²) in [5.74, 6) is -0.870. The molecule has 1 fully saturated rings. The SMILES string of the molecule is COC(CNC(=O)N1CCC(C(C)O)CC1)C(=O)O. The van der Waals surface area contributed by atoms with Gasteiger partial charge in [-0.15, -0.1) is 0 Å². The predicted molar refractivity (Wildman–Crippen MR) is 67.8 cm³/mol. The van der Waals surface area contributed by atoms with E-state index in [1.807, 2.05) is 0 Å². The summed E-state index contributed by atoms with van der Waals surface area (Å²) in [4.78, 5) is 24.2. The molecular weight excluding hydrogens is 252 g/mol. The number of amides is 2. The number of ether oxygens (including phenoxy) is 1. The zero-order valence-corrected chi connectivity index (χ0v) is 11.3. The van der Waals surface area contributed by atoms with Crippen molar-refractivity contribution >= 4 is 12.0 Å². The van der Waals surface area contributed by atoms with Crippen LogP contribution in [0.2, 0.25) is 0 Å². The predicted octanol–water partition coefficient (Wildman–Crippen LogP) is -0.112. The normalized spacial score (nSPS) is 19.8. The number of urea groups is 1. The number of piperidine rings is 1. The van der Waals surface area contributed by atoms with Crippen molar-refractivity contribution in [3.05, 3.63) is 0 Å². The van der Waals surface area contributed by atoms with Gasteiger partial charge in [0, 0.05) is 20.2 Å². The molecule has 0 bridgehead atoms.